The van der Waals surface area contributed by atoms with Crippen LogP contribution in [0.15, 0.2) is 54.2 Å². The van der Waals surface area contributed by atoms with Gasteiger partial charge in [-0.15, -0.1) is 6.42 Å². The predicted octanol–water partition coefficient (Wildman–Crippen LogP) is 3.31. The Labute approximate surface area is 163 Å². The van der Waals surface area contributed by atoms with Gasteiger partial charge in [-0.25, -0.2) is 0 Å². The molecular formula is C21H18N2O3S. The van der Waals surface area contributed by atoms with E-state index in [9.17, 15) is 4.79 Å². The average molecular weight is 378 g/mol. The third-order valence-electron chi connectivity index (χ3n) is 4.08. The van der Waals surface area contributed by atoms with Crippen molar-refractivity contribution in [3.8, 4) is 23.8 Å². The molecule has 0 radical (unpaired) electrons. The third-order valence-corrected chi connectivity index (χ3v) is 4.53. The van der Waals surface area contributed by atoms with Gasteiger partial charge in [0.05, 0.1) is 12.8 Å². The maximum atomic E-state index is 12.9. The number of methoxy groups -OCH3 is 1. The first-order chi connectivity index (χ1) is 13.1. The van der Waals surface area contributed by atoms with Crippen LogP contribution in [0.1, 0.15) is 5.56 Å². The molecule has 2 aromatic carbocycles. The lowest BCUT2D eigenvalue weighted by molar-refractivity contribution is -0.114. The molecule has 1 saturated heterocycles. The molecule has 1 aliphatic rings. The summed E-state index contributed by atoms with van der Waals surface area (Å²) in [6.45, 7) is 0.151. The number of hydrogen-bond acceptors (Lipinski definition) is 4. The van der Waals surface area contributed by atoms with Gasteiger partial charge in [0, 0.05) is 7.05 Å². The van der Waals surface area contributed by atoms with E-state index in [1.54, 1.807) is 37.3 Å². The van der Waals surface area contributed by atoms with Gasteiger partial charge in [0.25, 0.3) is 5.91 Å². The highest BCUT2D eigenvalue weighted by molar-refractivity contribution is 7.80. The summed E-state index contributed by atoms with van der Waals surface area (Å²) >= 11 is 5.46. The summed E-state index contributed by atoms with van der Waals surface area (Å²) in [4.78, 5) is 16.2. The minimum absolute atomic E-state index is 0.151. The summed E-state index contributed by atoms with van der Waals surface area (Å²) < 4.78 is 10.8. The van der Waals surface area contributed by atoms with Crippen molar-refractivity contribution in [2.24, 2.45) is 0 Å². The van der Waals surface area contributed by atoms with E-state index in [0.717, 1.165) is 11.3 Å². The summed E-state index contributed by atoms with van der Waals surface area (Å²) in [5.74, 6) is 3.32. The average Bonchev–Trinajstić information content (AvgIpc) is 2.90. The lowest BCUT2D eigenvalue weighted by atomic mass is 10.1. The number of hydrogen-bond donors (Lipinski definition) is 0. The number of terminal acetylenes is 1. The molecule has 0 N–H and O–H groups in total. The van der Waals surface area contributed by atoms with Gasteiger partial charge in [0.1, 0.15) is 12.3 Å². The number of rotatable bonds is 5. The van der Waals surface area contributed by atoms with Crippen LogP contribution in [0.4, 0.5) is 5.69 Å². The second-order valence-corrected chi connectivity index (χ2v) is 6.12. The molecule has 27 heavy (non-hydrogen) atoms. The van der Waals surface area contributed by atoms with Crippen LogP contribution in [-0.4, -0.2) is 36.7 Å². The fourth-order valence-electron chi connectivity index (χ4n) is 2.73. The largest absolute Gasteiger partial charge is 0.493 e. The van der Waals surface area contributed by atoms with Crippen molar-refractivity contribution in [1.82, 2.24) is 4.90 Å². The highest BCUT2D eigenvalue weighted by atomic mass is 32.1. The number of carbonyl (C=O) groups is 1. The van der Waals surface area contributed by atoms with Crippen LogP contribution in [-0.2, 0) is 4.79 Å². The van der Waals surface area contributed by atoms with Crippen LogP contribution in [0.5, 0.6) is 11.5 Å². The van der Waals surface area contributed by atoms with E-state index in [1.807, 2.05) is 36.4 Å². The number of likely N-dealkylation sites (N-methyl/N-ethyl adjacent to an activating group) is 1. The van der Waals surface area contributed by atoms with Crippen LogP contribution < -0.4 is 14.4 Å². The zero-order valence-electron chi connectivity index (χ0n) is 15.0. The van der Waals surface area contributed by atoms with Crippen molar-refractivity contribution in [1.29, 1.82) is 0 Å². The van der Waals surface area contributed by atoms with Crippen molar-refractivity contribution >= 4 is 35.0 Å². The van der Waals surface area contributed by atoms with Gasteiger partial charge in [0.15, 0.2) is 16.6 Å². The Kier molecular flexibility index (Phi) is 5.43. The Hall–Kier alpha value is -3.30. The van der Waals surface area contributed by atoms with Crippen LogP contribution in [0.25, 0.3) is 6.08 Å². The van der Waals surface area contributed by atoms with E-state index in [1.165, 1.54) is 4.90 Å². The Morgan fingerprint density at radius 2 is 1.93 bits per heavy atom. The van der Waals surface area contributed by atoms with E-state index < -0.39 is 0 Å². The number of amides is 1. The summed E-state index contributed by atoms with van der Waals surface area (Å²) in [7, 11) is 3.32. The molecule has 0 aliphatic carbocycles. The molecule has 3 rings (SSSR count). The summed E-state index contributed by atoms with van der Waals surface area (Å²) in [6, 6.07) is 14.7. The lowest BCUT2D eigenvalue weighted by Crippen LogP contribution is -2.30. The highest BCUT2D eigenvalue weighted by Gasteiger charge is 2.36. The minimum Gasteiger partial charge on any atom is -0.493 e. The van der Waals surface area contributed by atoms with Crippen LogP contribution in [0.3, 0.4) is 0 Å². The van der Waals surface area contributed by atoms with Gasteiger partial charge in [-0.1, -0.05) is 30.2 Å². The lowest BCUT2D eigenvalue weighted by Gasteiger charge is -2.16. The molecule has 1 fully saturated rings. The fourth-order valence-corrected chi connectivity index (χ4v) is 3.02. The standard InChI is InChI=1S/C21H18N2O3S/c1-4-12-26-18-11-10-15(14-19(18)25-3)13-17-20(24)23(21(27)22(17)2)16-8-6-5-7-9-16/h1,5-11,13-14H,12H2,2-3H3. The van der Waals surface area contributed by atoms with Gasteiger partial charge in [0.2, 0.25) is 0 Å². The molecule has 1 amide bonds. The SMILES string of the molecule is C#CCOc1ccc(C=C2C(=O)N(c3ccccc3)C(=S)N2C)cc1OC. The molecule has 0 unspecified atom stereocenters. The molecule has 1 heterocycles. The van der Waals surface area contributed by atoms with Crippen LogP contribution in [0, 0.1) is 12.3 Å². The zero-order valence-corrected chi connectivity index (χ0v) is 15.8. The number of ether oxygens (including phenoxy) is 2. The molecule has 5 nitrogen and oxygen atoms in total. The molecule has 0 aromatic heterocycles. The van der Waals surface area contributed by atoms with E-state index in [4.69, 9.17) is 28.1 Å². The number of benzene rings is 2. The number of nitrogens with zero attached hydrogens (tertiary/aromatic N) is 2. The van der Waals surface area contributed by atoms with Crippen molar-refractivity contribution in [3.63, 3.8) is 0 Å². The van der Waals surface area contributed by atoms with Gasteiger partial charge in [-0.3, -0.25) is 9.69 Å². The van der Waals surface area contributed by atoms with Crippen molar-refractivity contribution in [2.75, 3.05) is 25.7 Å². The van der Waals surface area contributed by atoms with Gasteiger partial charge < -0.3 is 14.4 Å². The zero-order chi connectivity index (χ0) is 19.4. The van der Waals surface area contributed by atoms with E-state index >= 15 is 0 Å². The van der Waals surface area contributed by atoms with E-state index in [0.29, 0.717) is 22.3 Å². The smallest absolute Gasteiger partial charge is 0.281 e. The van der Waals surface area contributed by atoms with Gasteiger partial charge in [-0.05, 0) is 48.1 Å². The first kappa shape index (κ1) is 18.5. The maximum absolute atomic E-state index is 12.9. The van der Waals surface area contributed by atoms with Crippen LogP contribution >= 0.6 is 12.2 Å². The van der Waals surface area contributed by atoms with Crippen molar-refractivity contribution in [2.45, 2.75) is 0 Å². The monoisotopic (exact) mass is 378 g/mol. The fraction of sp³-hybridized carbons (Fsp3) is 0.143. The molecule has 136 valence electrons. The normalized spacial score (nSPS) is 15.2. The molecule has 6 heteroatoms. The Morgan fingerprint density at radius 3 is 2.59 bits per heavy atom. The number of carbonyl (C=O) groups excluding carboxylic acids is 1. The van der Waals surface area contributed by atoms with Crippen molar-refractivity contribution < 1.29 is 14.3 Å². The Morgan fingerprint density at radius 1 is 1.19 bits per heavy atom. The van der Waals surface area contributed by atoms with Crippen LogP contribution in [0.2, 0.25) is 0 Å². The molecule has 0 saturated carbocycles. The molecule has 1 aliphatic heterocycles. The predicted molar refractivity (Wildman–Crippen MR) is 110 cm³/mol. The third kappa shape index (κ3) is 3.64. The highest BCUT2D eigenvalue weighted by Crippen LogP contribution is 2.31. The first-order valence-electron chi connectivity index (χ1n) is 8.20. The van der Waals surface area contributed by atoms with Gasteiger partial charge >= 0.3 is 0 Å². The first-order valence-corrected chi connectivity index (χ1v) is 8.61. The summed E-state index contributed by atoms with van der Waals surface area (Å²) in [6.07, 6.45) is 6.99. The number of para-hydroxylation sites is 1. The van der Waals surface area contributed by atoms with Crippen molar-refractivity contribution in [3.05, 3.63) is 59.8 Å². The topological polar surface area (TPSA) is 42.0 Å². The summed E-state index contributed by atoms with van der Waals surface area (Å²) in [5, 5.41) is 0.429. The molecule has 2 aromatic rings. The second-order valence-electron chi connectivity index (χ2n) is 5.75. The van der Waals surface area contributed by atoms with E-state index in [2.05, 4.69) is 5.92 Å². The molecule has 0 atom stereocenters. The van der Waals surface area contributed by atoms with Gasteiger partial charge in [-0.2, -0.15) is 0 Å². The quantitative estimate of drug-likeness (QED) is 0.454. The molecule has 0 bridgehead atoms. The minimum atomic E-state index is -0.180. The Balaban J connectivity index is 1.94. The number of anilines is 1. The number of thiocarbonyl (C=S) groups is 1. The van der Waals surface area contributed by atoms with E-state index in [-0.39, 0.29) is 12.5 Å². The maximum Gasteiger partial charge on any atom is 0.281 e. The summed E-state index contributed by atoms with van der Waals surface area (Å²) in [5.41, 5.74) is 1.99. The Bertz CT molecular complexity index is 948. The second kappa shape index (κ2) is 7.94. The molecule has 0 spiro atoms. The molecular weight excluding hydrogens is 360 g/mol.